The largest absolute Gasteiger partial charge is 0.497 e. The zero-order chi connectivity index (χ0) is 24.0. The van der Waals surface area contributed by atoms with Crippen LogP contribution in [0, 0.1) is 6.92 Å². The van der Waals surface area contributed by atoms with Gasteiger partial charge in [-0.15, -0.1) is 11.8 Å². The van der Waals surface area contributed by atoms with Crippen molar-refractivity contribution in [2.45, 2.75) is 16.7 Å². The van der Waals surface area contributed by atoms with Gasteiger partial charge in [-0.2, -0.15) is 0 Å². The lowest BCUT2D eigenvalue weighted by Gasteiger charge is -2.25. The fourth-order valence-electron chi connectivity index (χ4n) is 3.22. The number of hydrogen-bond acceptors (Lipinski definition) is 6. The second-order valence-electron chi connectivity index (χ2n) is 7.15. The molecule has 0 bridgehead atoms. The van der Waals surface area contributed by atoms with E-state index < -0.39 is 22.5 Å². The quantitative estimate of drug-likeness (QED) is 0.446. The average Bonchev–Trinajstić information content (AvgIpc) is 2.82. The van der Waals surface area contributed by atoms with Crippen LogP contribution in [0.25, 0.3) is 0 Å². The van der Waals surface area contributed by atoms with Crippen molar-refractivity contribution in [3.05, 3.63) is 72.3 Å². The third-order valence-electron chi connectivity index (χ3n) is 4.87. The number of hydrogen-bond donors (Lipinski definition) is 1. The molecule has 3 aromatic carbocycles. The Morgan fingerprint density at radius 2 is 1.76 bits per heavy atom. The van der Waals surface area contributed by atoms with Crippen LogP contribution < -0.4 is 19.1 Å². The lowest BCUT2D eigenvalue weighted by Crippen LogP contribution is -2.38. The molecule has 0 aliphatic heterocycles. The number of nitrogens with one attached hydrogen (secondary N) is 1. The van der Waals surface area contributed by atoms with Crippen LogP contribution in [0.4, 0.5) is 11.4 Å². The van der Waals surface area contributed by atoms with Crippen molar-refractivity contribution in [3.8, 4) is 11.5 Å². The van der Waals surface area contributed by atoms with E-state index in [9.17, 15) is 13.2 Å². The predicted octanol–water partition coefficient (Wildman–Crippen LogP) is 4.57. The minimum Gasteiger partial charge on any atom is -0.497 e. The summed E-state index contributed by atoms with van der Waals surface area (Å²) in [6.07, 6.45) is 1.94. The second kappa shape index (κ2) is 10.6. The van der Waals surface area contributed by atoms with Gasteiger partial charge >= 0.3 is 0 Å². The lowest BCUT2D eigenvalue weighted by molar-refractivity contribution is -0.114. The normalized spacial score (nSPS) is 11.0. The van der Waals surface area contributed by atoms with Gasteiger partial charge in [0, 0.05) is 16.6 Å². The zero-order valence-corrected chi connectivity index (χ0v) is 20.5. The molecule has 0 radical (unpaired) electrons. The molecule has 0 saturated carbocycles. The maximum Gasteiger partial charge on any atom is 0.268 e. The molecule has 33 heavy (non-hydrogen) atoms. The van der Waals surface area contributed by atoms with E-state index in [0.29, 0.717) is 17.1 Å². The summed E-state index contributed by atoms with van der Waals surface area (Å²) in [6, 6.07) is 18.8. The van der Waals surface area contributed by atoms with Crippen LogP contribution in [0.15, 0.2) is 76.5 Å². The van der Waals surface area contributed by atoms with E-state index in [1.165, 1.54) is 20.3 Å². The molecular weight excluding hydrogens is 460 g/mol. The molecule has 3 rings (SSSR count). The molecule has 0 fully saturated rings. The molecule has 0 aliphatic carbocycles. The van der Waals surface area contributed by atoms with Gasteiger partial charge < -0.3 is 14.8 Å². The number of sulfonamides is 1. The third kappa shape index (κ3) is 5.80. The second-order valence-corrected chi connectivity index (χ2v) is 9.86. The van der Waals surface area contributed by atoms with Crippen LogP contribution in [0.5, 0.6) is 11.5 Å². The Hall–Kier alpha value is -3.17. The van der Waals surface area contributed by atoms with Crippen molar-refractivity contribution < 1.29 is 22.7 Å². The van der Waals surface area contributed by atoms with Crippen LogP contribution in [-0.2, 0) is 14.8 Å². The van der Waals surface area contributed by atoms with Gasteiger partial charge in [-0.3, -0.25) is 9.10 Å². The summed E-state index contributed by atoms with van der Waals surface area (Å²) in [5.74, 6) is 0.185. The summed E-state index contributed by atoms with van der Waals surface area (Å²) in [7, 11) is -1.26. The maximum absolute atomic E-state index is 13.8. The number of nitrogens with zero attached hydrogens (tertiary/aromatic N) is 1. The van der Waals surface area contributed by atoms with Crippen LogP contribution >= 0.6 is 11.8 Å². The Labute approximate surface area is 198 Å². The highest BCUT2D eigenvalue weighted by molar-refractivity contribution is 7.98. The van der Waals surface area contributed by atoms with Crippen LogP contribution in [0.2, 0.25) is 0 Å². The molecule has 3 aromatic rings. The van der Waals surface area contributed by atoms with Gasteiger partial charge in [0.05, 0.1) is 19.9 Å². The van der Waals surface area contributed by atoms with Crippen molar-refractivity contribution in [2.75, 3.05) is 36.6 Å². The van der Waals surface area contributed by atoms with Crippen molar-refractivity contribution in [1.29, 1.82) is 0 Å². The van der Waals surface area contributed by atoms with Gasteiger partial charge in [0.2, 0.25) is 5.91 Å². The Kier molecular flexibility index (Phi) is 7.88. The molecular formula is C24H26N2O5S2. The summed E-state index contributed by atoms with van der Waals surface area (Å²) in [4.78, 5) is 13.9. The van der Waals surface area contributed by atoms with Crippen molar-refractivity contribution in [1.82, 2.24) is 0 Å². The number of carbonyl (C=O) groups is 1. The molecule has 0 saturated heterocycles. The number of ether oxygens (including phenoxy) is 2. The molecule has 0 aromatic heterocycles. The molecule has 0 heterocycles. The zero-order valence-electron chi connectivity index (χ0n) is 18.9. The number of benzene rings is 3. The minimum absolute atomic E-state index is 0.0231. The predicted molar refractivity (Wildman–Crippen MR) is 132 cm³/mol. The Morgan fingerprint density at radius 3 is 2.45 bits per heavy atom. The summed E-state index contributed by atoms with van der Waals surface area (Å²) in [5, 5.41) is 2.79. The smallest absolute Gasteiger partial charge is 0.268 e. The maximum atomic E-state index is 13.8. The summed E-state index contributed by atoms with van der Waals surface area (Å²) >= 11 is 1.55. The topological polar surface area (TPSA) is 84.9 Å². The number of thioether (sulfide) groups is 1. The Morgan fingerprint density at radius 1 is 1.00 bits per heavy atom. The van der Waals surface area contributed by atoms with E-state index in [1.54, 1.807) is 61.2 Å². The van der Waals surface area contributed by atoms with Crippen molar-refractivity contribution >= 4 is 39.1 Å². The highest BCUT2D eigenvalue weighted by Gasteiger charge is 2.30. The summed E-state index contributed by atoms with van der Waals surface area (Å²) in [5.41, 5.74) is 1.63. The molecule has 7 nitrogen and oxygen atoms in total. The monoisotopic (exact) mass is 486 g/mol. The number of rotatable bonds is 9. The van der Waals surface area contributed by atoms with E-state index in [2.05, 4.69) is 5.32 Å². The van der Waals surface area contributed by atoms with Crippen LogP contribution in [0.3, 0.4) is 0 Å². The Bertz CT molecular complexity index is 1250. The molecule has 0 atom stereocenters. The number of aryl methyl sites for hydroxylation is 1. The number of methoxy groups -OCH3 is 2. The molecule has 174 valence electrons. The third-order valence-corrected chi connectivity index (χ3v) is 7.39. The number of amides is 1. The molecule has 9 heteroatoms. The highest BCUT2D eigenvalue weighted by atomic mass is 32.2. The molecule has 0 spiro atoms. The summed E-state index contributed by atoms with van der Waals surface area (Å²) in [6.45, 7) is 1.36. The number of anilines is 2. The molecule has 1 amide bonds. The van der Waals surface area contributed by atoms with E-state index in [4.69, 9.17) is 9.47 Å². The van der Waals surface area contributed by atoms with Crippen LogP contribution in [0.1, 0.15) is 5.56 Å². The first kappa shape index (κ1) is 24.5. The van der Waals surface area contributed by atoms with Gasteiger partial charge in [-0.25, -0.2) is 8.42 Å². The SMILES string of the molecule is COc1cccc(N(CC(=O)Nc2cccc(SC)c2)S(=O)(=O)c2cc(C)ccc2OC)c1. The van der Waals surface area contributed by atoms with E-state index in [0.717, 1.165) is 14.8 Å². The molecule has 0 aliphatic rings. The first-order valence-electron chi connectivity index (χ1n) is 10.0. The molecule has 1 N–H and O–H groups in total. The lowest BCUT2D eigenvalue weighted by atomic mass is 10.2. The first-order valence-corrected chi connectivity index (χ1v) is 12.7. The van der Waals surface area contributed by atoms with Gasteiger partial charge in [0.15, 0.2) is 0 Å². The van der Waals surface area contributed by atoms with Gasteiger partial charge in [0.1, 0.15) is 22.9 Å². The summed E-state index contributed by atoms with van der Waals surface area (Å²) < 4.78 is 39.2. The van der Waals surface area contributed by atoms with E-state index in [-0.39, 0.29) is 10.6 Å². The average molecular weight is 487 g/mol. The van der Waals surface area contributed by atoms with Gasteiger partial charge in [-0.05, 0) is 61.2 Å². The minimum atomic E-state index is -4.16. The van der Waals surface area contributed by atoms with Crippen LogP contribution in [-0.4, -0.2) is 41.3 Å². The van der Waals surface area contributed by atoms with Crippen molar-refractivity contribution in [2.24, 2.45) is 0 Å². The first-order chi connectivity index (χ1) is 15.8. The van der Waals surface area contributed by atoms with Gasteiger partial charge in [-0.1, -0.05) is 18.2 Å². The molecule has 0 unspecified atom stereocenters. The fourth-order valence-corrected chi connectivity index (χ4v) is 5.33. The standard InChI is InChI=1S/C24H26N2O5S2/c1-17-11-12-22(31-3)23(13-17)33(28,29)26(19-8-6-9-20(15-19)30-2)16-24(27)25-18-7-5-10-21(14-18)32-4/h5-15H,16H2,1-4H3,(H,25,27). The highest BCUT2D eigenvalue weighted by Crippen LogP contribution is 2.32. The van der Waals surface area contributed by atoms with Crippen molar-refractivity contribution in [3.63, 3.8) is 0 Å². The fraction of sp³-hybridized carbons (Fsp3) is 0.208. The number of carbonyl (C=O) groups excluding carboxylic acids is 1. The van der Waals surface area contributed by atoms with E-state index in [1.807, 2.05) is 24.5 Å². The Balaban J connectivity index is 2.03. The van der Waals surface area contributed by atoms with Gasteiger partial charge in [0.25, 0.3) is 10.0 Å². The van der Waals surface area contributed by atoms with E-state index >= 15 is 0 Å².